The van der Waals surface area contributed by atoms with Crippen LogP contribution in [0.3, 0.4) is 0 Å². The Kier molecular flexibility index (Phi) is 18.0. The SMILES string of the molecule is CCCCCCCCCCCCCCCCC[C@H](O)CC. The van der Waals surface area contributed by atoms with E-state index in [2.05, 4.69) is 13.8 Å². The highest BCUT2D eigenvalue weighted by Crippen LogP contribution is 2.14. The van der Waals surface area contributed by atoms with Crippen molar-refractivity contribution < 1.29 is 5.11 Å². The van der Waals surface area contributed by atoms with E-state index in [1.807, 2.05) is 0 Å². The molecule has 0 fully saturated rings. The van der Waals surface area contributed by atoms with Crippen LogP contribution < -0.4 is 0 Å². The van der Waals surface area contributed by atoms with E-state index >= 15 is 0 Å². The molecule has 0 radical (unpaired) electrons. The van der Waals surface area contributed by atoms with Gasteiger partial charge in [0.25, 0.3) is 0 Å². The van der Waals surface area contributed by atoms with E-state index in [0.29, 0.717) is 0 Å². The van der Waals surface area contributed by atoms with Crippen molar-refractivity contribution in [1.29, 1.82) is 0 Å². The lowest BCUT2D eigenvalue weighted by Crippen LogP contribution is -2.03. The lowest BCUT2D eigenvalue weighted by Gasteiger charge is -2.06. The van der Waals surface area contributed by atoms with Gasteiger partial charge in [0.2, 0.25) is 0 Å². The van der Waals surface area contributed by atoms with Gasteiger partial charge in [-0.2, -0.15) is 0 Å². The van der Waals surface area contributed by atoms with Gasteiger partial charge in [-0.25, -0.2) is 0 Å². The zero-order valence-electron chi connectivity index (χ0n) is 15.0. The van der Waals surface area contributed by atoms with Crippen LogP contribution in [0.4, 0.5) is 0 Å². The van der Waals surface area contributed by atoms with Gasteiger partial charge in [0, 0.05) is 0 Å². The lowest BCUT2D eigenvalue weighted by molar-refractivity contribution is 0.156. The Morgan fingerprint density at radius 1 is 0.524 bits per heavy atom. The average Bonchev–Trinajstić information content (AvgIpc) is 2.50. The molecule has 0 heterocycles. The molecule has 1 N–H and O–H groups in total. The van der Waals surface area contributed by atoms with E-state index in [4.69, 9.17) is 0 Å². The standard InChI is InChI=1S/C20H42O/c1-3-5-6-7-8-9-10-11-12-13-14-15-16-17-18-19-20(21)4-2/h20-21H,3-19H2,1-2H3/t20-/m1/s1. The van der Waals surface area contributed by atoms with Crippen LogP contribution in [0, 0.1) is 0 Å². The fourth-order valence-corrected chi connectivity index (χ4v) is 2.96. The number of rotatable bonds is 17. The second-order valence-corrected chi connectivity index (χ2v) is 6.80. The van der Waals surface area contributed by atoms with E-state index in [0.717, 1.165) is 12.8 Å². The van der Waals surface area contributed by atoms with E-state index in [1.54, 1.807) is 0 Å². The highest BCUT2D eigenvalue weighted by atomic mass is 16.3. The molecular formula is C20H42O. The van der Waals surface area contributed by atoms with E-state index in [9.17, 15) is 5.11 Å². The second-order valence-electron chi connectivity index (χ2n) is 6.80. The number of unbranched alkanes of at least 4 members (excludes halogenated alkanes) is 14. The summed E-state index contributed by atoms with van der Waals surface area (Å²) in [7, 11) is 0. The molecule has 1 nitrogen and oxygen atoms in total. The third-order valence-corrected chi connectivity index (χ3v) is 4.61. The Labute approximate surface area is 134 Å². The summed E-state index contributed by atoms with van der Waals surface area (Å²) in [6.07, 6.45) is 23.0. The molecule has 0 aliphatic carbocycles. The monoisotopic (exact) mass is 298 g/mol. The third kappa shape index (κ3) is 17.9. The Bertz CT molecular complexity index is 179. The highest BCUT2D eigenvalue weighted by Gasteiger charge is 1.99. The van der Waals surface area contributed by atoms with Gasteiger partial charge in [-0.15, -0.1) is 0 Å². The molecule has 0 saturated carbocycles. The predicted molar refractivity (Wildman–Crippen MR) is 95.8 cm³/mol. The van der Waals surface area contributed by atoms with Crippen molar-refractivity contribution in [2.75, 3.05) is 0 Å². The highest BCUT2D eigenvalue weighted by molar-refractivity contribution is 4.53. The minimum absolute atomic E-state index is 0.0491. The fourth-order valence-electron chi connectivity index (χ4n) is 2.96. The van der Waals surface area contributed by atoms with Gasteiger partial charge in [0.15, 0.2) is 0 Å². The summed E-state index contributed by atoms with van der Waals surface area (Å²) >= 11 is 0. The Morgan fingerprint density at radius 3 is 1.19 bits per heavy atom. The van der Waals surface area contributed by atoms with Gasteiger partial charge < -0.3 is 5.11 Å². The fraction of sp³-hybridized carbons (Fsp3) is 1.00. The molecule has 0 aromatic rings. The summed E-state index contributed by atoms with van der Waals surface area (Å²) < 4.78 is 0. The van der Waals surface area contributed by atoms with Crippen LogP contribution in [0.15, 0.2) is 0 Å². The number of aliphatic hydroxyl groups excluding tert-OH is 1. The number of hydrogen-bond donors (Lipinski definition) is 1. The summed E-state index contributed by atoms with van der Waals surface area (Å²) in [6.45, 7) is 4.35. The molecule has 0 aliphatic heterocycles. The minimum Gasteiger partial charge on any atom is -0.393 e. The first-order chi connectivity index (χ1) is 10.3. The van der Waals surface area contributed by atoms with Crippen molar-refractivity contribution in [1.82, 2.24) is 0 Å². The molecule has 0 aromatic carbocycles. The maximum atomic E-state index is 9.46. The second kappa shape index (κ2) is 18.0. The maximum Gasteiger partial charge on any atom is 0.0537 e. The molecule has 0 spiro atoms. The molecule has 1 atom stereocenters. The summed E-state index contributed by atoms with van der Waals surface area (Å²) in [4.78, 5) is 0. The number of hydrogen-bond acceptors (Lipinski definition) is 1. The van der Waals surface area contributed by atoms with Gasteiger partial charge in [-0.3, -0.25) is 0 Å². The van der Waals surface area contributed by atoms with Crippen molar-refractivity contribution in [2.45, 2.75) is 129 Å². The van der Waals surface area contributed by atoms with Crippen molar-refractivity contribution in [2.24, 2.45) is 0 Å². The molecule has 0 saturated heterocycles. The van der Waals surface area contributed by atoms with Gasteiger partial charge in [-0.05, 0) is 12.8 Å². The number of aliphatic hydroxyl groups is 1. The van der Waals surface area contributed by atoms with Crippen molar-refractivity contribution in [3.8, 4) is 0 Å². The normalized spacial score (nSPS) is 12.7. The molecule has 128 valence electrons. The maximum absolute atomic E-state index is 9.46. The zero-order valence-corrected chi connectivity index (χ0v) is 15.0. The Morgan fingerprint density at radius 2 is 0.857 bits per heavy atom. The largest absolute Gasteiger partial charge is 0.393 e. The van der Waals surface area contributed by atoms with E-state index < -0.39 is 0 Å². The molecule has 0 bridgehead atoms. The molecule has 21 heavy (non-hydrogen) atoms. The Hall–Kier alpha value is -0.0400. The molecule has 0 unspecified atom stereocenters. The first-order valence-electron chi connectivity index (χ1n) is 9.99. The summed E-state index contributed by atoms with van der Waals surface area (Å²) in [5.74, 6) is 0. The first-order valence-corrected chi connectivity index (χ1v) is 9.99. The lowest BCUT2D eigenvalue weighted by atomic mass is 10.0. The van der Waals surface area contributed by atoms with Gasteiger partial charge in [0.1, 0.15) is 0 Å². The van der Waals surface area contributed by atoms with Crippen LogP contribution in [0.2, 0.25) is 0 Å². The molecule has 0 aliphatic rings. The average molecular weight is 299 g/mol. The van der Waals surface area contributed by atoms with Crippen molar-refractivity contribution in [3.63, 3.8) is 0 Å². The van der Waals surface area contributed by atoms with Gasteiger partial charge >= 0.3 is 0 Å². The quantitative estimate of drug-likeness (QED) is 0.286. The van der Waals surface area contributed by atoms with E-state index in [-0.39, 0.29) is 6.10 Å². The van der Waals surface area contributed by atoms with Crippen LogP contribution in [0.1, 0.15) is 123 Å². The topological polar surface area (TPSA) is 20.2 Å². The van der Waals surface area contributed by atoms with Crippen LogP contribution in [-0.4, -0.2) is 11.2 Å². The molecule has 0 aromatic heterocycles. The predicted octanol–water partition coefficient (Wildman–Crippen LogP) is 7.02. The van der Waals surface area contributed by atoms with Crippen LogP contribution >= 0.6 is 0 Å². The first kappa shape index (κ1) is 21.0. The molecule has 0 amide bonds. The van der Waals surface area contributed by atoms with Gasteiger partial charge in [0.05, 0.1) is 6.10 Å². The third-order valence-electron chi connectivity index (χ3n) is 4.61. The smallest absolute Gasteiger partial charge is 0.0537 e. The van der Waals surface area contributed by atoms with Gasteiger partial charge in [-0.1, -0.05) is 110 Å². The summed E-state index contributed by atoms with van der Waals surface area (Å²) in [5, 5.41) is 9.46. The zero-order chi connectivity index (χ0) is 15.6. The van der Waals surface area contributed by atoms with Crippen LogP contribution in [-0.2, 0) is 0 Å². The molecular weight excluding hydrogens is 256 g/mol. The molecule has 1 heteroatoms. The van der Waals surface area contributed by atoms with Crippen LogP contribution in [0.25, 0.3) is 0 Å². The van der Waals surface area contributed by atoms with Crippen molar-refractivity contribution >= 4 is 0 Å². The summed E-state index contributed by atoms with van der Waals surface area (Å²) in [5.41, 5.74) is 0. The minimum atomic E-state index is -0.0491. The van der Waals surface area contributed by atoms with E-state index in [1.165, 1.54) is 96.3 Å². The van der Waals surface area contributed by atoms with Crippen molar-refractivity contribution in [3.05, 3.63) is 0 Å². The Balaban J connectivity index is 2.96. The van der Waals surface area contributed by atoms with Crippen LogP contribution in [0.5, 0.6) is 0 Å². The summed E-state index contributed by atoms with van der Waals surface area (Å²) in [6, 6.07) is 0. The molecule has 0 rings (SSSR count).